The summed E-state index contributed by atoms with van der Waals surface area (Å²) >= 11 is 0. The second kappa shape index (κ2) is 42.9. The number of rotatable bonds is 42. The summed E-state index contributed by atoms with van der Waals surface area (Å²) in [6, 6.07) is 0. The van der Waals surface area contributed by atoms with Crippen LogP contribution in [-0.2, 0) is 28.6 Å². The fourth-order valence-corrected chi connectivity index (χ4v) is 6.73. The Balaban J connectivity index is 4.34. The summed E-state index contributed by atoms with van der Waals surface area (Å²) in [5.74, 6) is -0.870. The number of carbonyl (C=O) groups is 3. The fraction of sp³-hybridized carbons (Fsp3) is 0.894. The summed E-state index contributed by atoms with van der Waals surface area (Å²) in [5.41, 5.74) is 0. The monoisotopic (exact) mass is 749 g/mol. The first-order valence-corrected chi connectivity index (χ1v) is 23.2. The molecule has 0 aliphatic rings. The number of hydrogen-bond donors (Lipinski definition) is 0. The lowest BCUT2D eigenvalue weighted by Gasteiger charge is -2.18. The Morgan fingerprint density at radius 3 is 0.962 bits per heavy atom. The molecule has 53 heavy (non-hydrogen) atoms. The van der Waals surface area contributed by atoms with Crippen molar-refractivity contribution in [3.05, 3.63) is 12.2 Å². The molecule has 0 saturated heterocycles. The first-order valence-electron chi connectivity index (χ1n) is 23.2. The van der Waals surface area contributed by atoms with Gasteiger partial charge in [-0.15, -0.1) is 0 Å². The van der Waals surface area contributed by atoms with Crippen LogP contribution in [0, 0.1) is 0 Å². The summed E-state index contributed by atoms with van der Waals surface area (Å²) in [6.07, 6.45) is 44.7. The van der Waals surface area contributed by atoms with Crippen LogP contribution >= 0.6 is 0 Å². The van der Waals surface area contributed by atoms with Crippen molar-refractivity contribution in [2.24, 2.45) is 0 Å². The molecule has 0 amide bonds. The van der Waals surface area contributed by atoms with E-state index in [1.807, 2.05) is 0 Å². The van der Waals surface area contributed by atoms with Crippen LogP contribution in [0.2, 0.25) is 0 Å². The van der Waals surface area contributed by atoms with Gasteiger partial charge in [0.25, 0.3) is 0 Å². The third-order valence-electron chi connectivity index (χ3n) is 10.3. The minimum Gasteiger partial charge on any atom is -0.462 e. The highest BCUT2D eigenvalue weighted by Gasteiger charge is 2.19. The first-order chi connectivity index (χ1) is 26.0. The molecule has 0 aromatic carbocycles. The molecular weight excluding hydrogens is 661 g/mol. The maximum absolute atomic E-state index is 12.7. The van der Waals surface area contributed by atoms with Crippen molar-refractivity contribution in [3.63, 3.8) is 0 Å². The highest BCUT2D eigenvalue weighted by molar-refractivity contribution is 5.71. The summed E-state index contributed by atoms with van der Waals surface area (Å²) in [6.45, 7) is 6.61. The number of esters is 3. The number of carbonyl (C=O) groups excluding carboxylic acids is 3. The number of allylic oxidation sites excluding steroid dienone is 2. The molecule has 6 nitrogen and oxygen atoms in total. The van der Waals surface area contributed by atoms with Gasteiger partial charge in [-0.1, -0.05) is 200 Å². The predicted molar refractivity (Wildman–Crippen MR) is 224 cm³/mol. The minimum atomic E-state index is -0.764. The largest absolute Gasteiger partial charge is 0.462 e. The van der Waals surface area contributed by atoms with E-state index in [9.17, 15) is 14.4 Å². The van der Waals surface area contributed by atoms with Crippen molar-refractivity contribution in [2.45, 2.75) is 258 Å². The molecule has 6 heteroatoms. The van der Waals surface area contributed by atoms with E-state index in [0.717, 1.165) is 64.2 Å². The Bertz CT molecular complexity index is 824. The molecule has 0 bridgehead atoms. The number of unbranched alkanes of at least 4 members (excludes halogenated alkanes) is 29. The quantitative estimate of drug-likeness (QED) is 0.0268. The molecule has 0 N–H and O–H groups in total. The van der Waals surface area contributed by atoms with E-state index in [4.69, 9.17) is 14.2 Å². The summed E-state index contributed by atoms with van der Waals surface area (Å²) in [7, 11) is 0. The third kappa shape index (κ3) is 41.2. The molecule has 0 fully saturated rings. The summed E-state index contributed by atoms with van der Waals surface area (Å²) in [5, 5.41) is 0. The summed E-state index contributed by atoms with van der Waals surface area (Å²) in [4.78, 5) is 37.7. The van der Waals surface area contributed by atoms with Gasteiger partial charge in [0.05, 0.1) is 0 Å². The van der Waals surface area contributed by atoms with Crippen LogP contribution < -0.4 is 0 Å². The average molecular weight is 749 g/mol. The van der Waals surface area contributed by atoms with Crippen molar-refractivity contribution < 1.29 is 28.6 Å². The van der Waals surface area contributed by atoms with E-state index >= 15 is 0 Å². The van der Waals surface area contributed by atoms with E-state index in [1.54, 1.807) is 0 Å². The lowest BCUT2D eigenvalue weighted by molar-refractivity contribution is -0.167. The smallest absolute Gasteiger partial charge is 0.306 e. The number of ether oxygens (including phenoxy) is 3. The maximum atomic E-state index is 12.7. The van der Waals surface area contributed by atoms with Crippen LogP contribution in [0.25, 0.3) is 0 Å². The van der Waals surface area contributed by atoms with Gasteiger partial charge in [0, 0.05) is 19.3 Å². The fourth-order valence-electron chi connectivity index (χ4n) is 6.73. The standard InChI is InChI=1S/C47H88O6/c1-4-7-10-13-16-19-22-23-26-28-31-34-37-40-46(49)52-43-44(53-47(50)41-38-35-32-29-25-21-18-15-12-9-6-3)42-51-45(48)39-36-33-30-27-24-20-17-14-11-8-5-2/h19,22,44H,4-18,20-21,23-43H2,1-3H3. The molecule has 0 rings (SSSR count). The summed E-state index contributed by atoms with van der Waals surface area (Å²) < 4.78 is 16.7. The Hall–Kier alpha value is -1.85. The Kier molecular flexibility index (Phi) is 41.4. The van der Waals surface area contributed by atoms with E-state index in [0.29, 0.717) is 19.3 Å². The molecular formula is C47H88O6. The lowest BCUT2D eigenvalue weighted by Crippen LogP contribution is -2.30. The molecule has 0 aliphatic heterocycles. The SMILES string of the molecule is CCCCCCC=CCCCCCCCC(=O)OCC(COC(=O)CCCCCCCCCCCCC)OC(=O)CCCCCCCCCCCCC. The van der Waals surface area contributed by atoms with Crippen LogP contribution in [0.1, 0.15) is 252 Å². The normalized spacial score (nSPS) is 12.0. The first kappa shape index (κ1) is 51.1. The Morgan fingerprint density at radius 2 is 0.623 bits per heavy atom. The van der Waals surface area contributed by atoms with Gasteiger partial charge < -0.3 is 14.2 Å². The van der Waals surface area contributed by atoms with Gasteiger partial charge in [0.15, 0.2) is 6.10 Å². The van der Waals surface area contributed by atoms with Gasteiger partial charge in [-0.25, -0.2) is 0 Å². The topological polar surface area (TPSA) is 78.9 Å². The third-order valence-corrected chi connectivity index (χ3v) is 10.3. The van der Waals surface area contributed by atoms with Gasteiger partial charge in [0.1, 0.15) is 13.2 Å². The second-order valence-corrected chi connectivity index (χ2v) is 15.7. The number of hydrogen-bond acceptors (Lipinski definition) is 6. The van der Waals surface area contributed by atoms with Crippen molar-refractivity contribution in [1.29, 1.82) is 0 Å². The molecule has 0 aliphatic carbocycles. The van der Waals surface area contributed by atoms with Crippen LogP contribution in [0.4, 0.5) is 0 Å². The molecule has 0 aromatic heterocycles. The zero-order valence-corrected chi connectivity index (χ0v) is 35.6. The lowest BCUT2D eigenvalue weighted by atomic mass is 10.1. The van der Waals surface area contributed by atoms with E-state index < -0.39 is 6.10 Å². The van der Waals surface area contributed by atoms with Gasteiger partial charge in [0.2, 0.25) is 0 Å². The molecule has 0 radical (unpaired) electrons. The van der Waals surface area contributed by atoms with E-state index in [-0.39, 0.29) is 31.1 Å². The van der Waals surface area contributed by atoms with Crippen molar-refractivity contribution in [3.8, 4) is 0 Å². The molecule has 0 saturated carbocycles. The zero-order chi connectivity index (χ0) is 38.7. The van der Waals surface area contributed by atoms with Crippen LogP contribution in [0.3, 0.4) is 0 Å². The predicted octanol–water partition coefficient (Wildman–Crippen LogP) is 14.6. The Labute approximate surface area is 329 Å². The van der Waals surface area contributed by atoms with Gasteiger partial charge >= 0.3 is 17.9 Å². The maximum Gasteiger partial charge on any atom is 0.306 e. The molecule has 0 aromatic rings. The van der Waals surface area contributed by atoms with E-state index in [2.05, 4.69) is 32.9 Å². The Morgan fingerprint density at radius 1 is 0.358 bits per heavy atom. The highest BCUT2D eigenvalue weighted by Crippen LogP contribution is 2.15. The average Bonchev–Trinajstić information content (AvgIpc) is 3.15. The molecule has 0 spiro atoms. The molecule has 1 unspecified atom stereocenters. The van der Waals surface area contributed by atoms with Crippen molar-refractivity contribution in [1.82, 2.24) is 0 Å². The van der Waals surface area contributed by atoms with Crippen LogP contribution in [0.15, 0.2) is 12.2 Å². The van der Waals surface area contributed by atoms with Crippen LogP contribution in [-0.4, -0.2) is 37.2 Å². The zero-order valence-electron chi connectivity index (χ0n) is 35.6. The highest BCUT2D eigenvalue weighted by atomic mass is 16.6. The van der Waals surface area contributed by atoms with Gasteiger partial charge in [-0.05, 0) is 44.9 Å². The van der Waals surface area contributed by atoms with E-state index in [1.165, 1.54) is 148 Å². The molecule has 0 heterocycles. The van der Waals surface area contributed by atoms with Gasteiger partial charge in [-0.2, -0.15) is 0 Å². The van der Waals surface area contributed by atoms with Crippen molar-refractivity contribution in [2.75, 3.05) is 13.2 Å². The van der Waals surface area contributed by atoms with Crippen LogP contribution in [0.5, 0.6) is 0 Å². The molecule has 312 valence electrons. The second-order valence-electron chi connectivity index (χ2n) is 15.7. The minimum absolute atomic E-state index is 0.0681. The molecule has 1 atom stereocenters. The van der Waals surface area contributed by atoms with Gasteiger partial charge in [-0.3, -0.25) is 14.4 Å². The van der Waals surface area contributed by atoms with Crippen molar-refractivity contribution >= 4 is 17.9 Å².